The van der Waals surface area contributed by atoms with Crippen LogP contribution >= 0.6 is 11.6 Å². The van der Waals surface area contributed by atoms with E-state index in [1.54, 1.807) is 0 Å². The van der Waals surface area contributed by atoms with Crippen LogP contribution in [-0.2, 0) is 11.2 Å². The van der Waals surface area contributed by atoms with Crippen LogP contribution in [0.3, 0.4) is 0 Å². The lowest BCUT2D eigenvalue weighted by Crippen LogP contribution is -2.25. The predicted octanol–water partition coefficient (Wildman–Crippen LogP) is 8.68. The molecule has 194 valence electrons. The molecule has 0 bridgehead atoms. The summed E-state index contributed by atoms with van der Waals surface area (Å²) in [5.74, 6) is 2.55. The monoisotopic (exact) mass is 516 g/mol. The van der Waals surface area contributed by atoms with Gasteiger partial charge in [0, 0.05) is 12.3 Å². The third-order valence-electron chi connectivity index (χ3n) is 7.24. The summed E-state index contributed by atoms with van der Waals surface area (Å²) in [6.45, 7) is 1.51. The summed E-state index contributed by atoms with van der Waals surface area (Å²) in [5.41, 5.74) is 7.87. The van der Waals surface area contributed by atoms with Gasteiger partial charge < -0.3 is 14.2 Å². The number of ether oxygens (including phenoxy) is 3. The molecule has 3 aromatic carbocycles. The SMILES string of the molecule is ClCCCCCOc1ccc(C2=C(c3ccccc3)CCCc3cc(OC4CCCCO4)ccc32)cc1. The van der Waals surface area contributed by atoms with E-state index in [1.165, 1.54) is 33.4 Å². The minimum absolute atomic E-state index is 0.130. The van der Waals surface area contributed by atoms with Crippen LogP contribution in [-0.4, -0.2) is 25.4 Å². The van der Waals surface area contributed by atoms with E-state index >= 15 is 0 Å². The second kappa shape index (κ2) is 13.2. The van der Waals surface area contributed by atoms with Gasteiger partial charge in [-0.3, -0.25) is 0 Å². The summed E-state index contributed by atoms with van der Waals surface area (Å²) in [5, 5.41) is 0. The van der Waals surface area contributed by atoms with Gasteiger partial charge in [-0.05, 0) is 109 Å². The number of halogens is 1. The van der Waals surface area contributed by atoms with E-state index < -0.39 is 0 Å². The second-order valence-electron chi connectivity index (χ2n) is 9.93. The Balaban J connectivity index is 1.45. The quantitative estimate of drug-likeness (QED) is 0.199. The van der Waals surface area contributed by atoms with Crippen LogP contribution in [0.1, 0.15) is 73.6 Å². The number of allylic oxidation sites excluding steroid dienone is 1. The summed E-state index contributed by atoms with van der Waals surface area (Å²) < 4.78 is 18.1. The number of fused-ring (bicyclic) bond motifs is 1. The van der Waals surface area contributed by atoms with Gasteiger partial charge >= 0.3 is 0 Å². The predicted molar refractivity (Wildman–Crippen MR) is 152 cm³/mol. The maximum Gasteiger partial charge on any atom is 0.199 e. The number of rotatable bonds is 10. The molecule has 1 aliphatic heterocycles. The summed E-state index contributed by atoms with van der Waals surface area (Å²) in [7, 11) is 0. The van der Waals surface area contributed by atoms with Crippen LogP contribution < -0.4 is 9.47 Å². The molecular formula is C33H37ClO3. The molecular weight excluding hydrogens is 480 g/mol. The highest BCUT2D eigenvalue weighted by Gasteiger charge is 2.22. The van der Waals surface area contributed by atoms with Gasteiger partial charge in [-0.15, -0.1) is 11.6 Å². The smallest absolute Gasteiger partial charge is 0.199 e. The summed E-state index contributed by atoms with van der Waals surface area (Å²) >= 11 is 5.79. The van der Waals surface area contributed by atoms with Crippen LogP contribution in [0.25, 0.3) is 11.1 Å². The minimum atomic E-state index is -0.130. The lowest BCUT2D eigenvalue weighted by molar-refractivity contribution is -0.105. The molecule has 3 nitrogen and oxygen atoms in total. The van der Waals surface area contributed by atoms with Crippen molar-refractivity contribution in [3.8, 4) is 11.5 Å². The first-order valence-corrected chi connectivity index (χ1v) is 14.3. The Morgan fingerprint density at radius 3 is 2.41 bits per heavy atom. The molecule has 1 saturated heterocycles. The van der Waals surface area contributed by atoms with Crippen LogP contribution in [0.4, 0.5) is 0 Å². The van der Waals surface area contributed by atoms with Crippen molar-refractivity contribution in [3.05, 3.63) is 95.1 Å². The van der Waals surface area contributed by atoms with E-state index in [0.29, 0.717) is 0 Å². The summed E-state index contributed by atoms with van der Waals surface area (Å²) in [6.07, 6.45) is 9.46. The molecule has 4 heteroatoms. The van der Waals surface area contributed by atoms with Crippen molar-refractivity contribution in [1.29, 1.82) is 0 Å². The third kappa shape index (κ3) is 6.77. The van der Waals surface area contributed by atoms with Gasteiger partial charge in [0.1, 0.15) is 11.5 Å². The van der Waals surface area contributed by atoms with Crippen molar-refractivity contribution in [1.82, 2.24) is 0 Å². The van der Waals surface area contributed by atoms with E-state index in [1.807, 2.05) is 0 Å². The van der Waals surface area contributed by atoms with Crippen molar-refractivity contribution < 1.29 is 14.2 Å². The van der Waals surface area contributed by atoms with Gasteiger partial charge in [-0.25, -0.2) is 0 Å². The van der Waals surface area contributed by atoms with Gasteiger partial charge in [-0.1, -0.05) is 48.5 Å². The molecule has 1 fully saturated rings. The van der Waals surface area contributed by atoms with Crippen molar-refractivity contribution in [2.75, 3.05) is 19.1 Å². The number of benzene rings is 3. The van der Waals surface area contributed by atoms with E-state index in [2.05, 4.69) is 72.8 Å². The number of aryl methyl sites for hydroxylation is 1. The van der Waals surface area contributed by atoms with Crippen LogP contribution in [0.2, 0.25) is 0 Å². The standard InChI is InChI=1S/C33H37ClO3/c34-21-6-2-7-22-35-28-17-15-26(16-18-28)33-30(25-10-3-1-4-11-25)13-9-12-27-24-29(19-20-31(27)33)37-32-14-5-8-23-36-32/h1,3-4,10-11,15-20,24,32H,2,5-9,12-14,21-23H2. The van der Waals surface area contributed by atoms with Crippen LogP contribution in [0.15, 0.2) is 72.8 Å². The van der Waals surface area contributed by atoms with Crippen LogP contribution in [0, 0.1) is 0 Å². The van der Waals surface area contributed by atoms with E-state index in [4.69, 9.17) is 25.8 Å². The number of alkyl halides is 1. The highest BCUT2D eigenvalue weighted by Crippen LogP contribution is 2.41. The van der Waals surface area contributed by atoms with Gasteiger partial charge in [0.15, 0.2) is 6.29 Å². The van der Waals surface area contributed by atoms with Gasteiger partial charge in [0.25, 0.3) is 0 Å². The lowest BCUT2D eigenvalue weighted by atomic mass is 9.88. The average molecular weight is 517 g/mol. The molecule has 5 rings (SSSR count). The first-order chi connectivity index (χ1) is 18.3. The zero-order valence-electron chi connectivity index (χ0n) is 21.6. The van der Waals surface area contributed by atoms with Crippen molar-refractivity contribution in [2.24, 2.45) is 0 Å². The molecule has 2 aliphatic rings. The lowest BCUT2D eigenvalue weighted by Gasteiger charge is -2.24. The molecule has 0 aromatic heterocycles. The highest BCUT2D eigenvalue weighted by molar-refractivity contribution is 6.17. The third-order valence-corrected chi connectivity index (χ3v) is 7.51. The van der Waals surface area contributed by atoms with E-state index in [0.717, 1.165) is 88.4 Å². The minimum Gasteiger partial charge on any atom is -0.494 e. The Labute approximate surface area is 226 Å². The Morgan fingerprint density at radius 2 is 1.62 bits per heavy atom. The molecule has 0 radical (unpaired) electrons. The van der Waals surface area contributed by atoms with E-state index in [-0.39, 0.29) is 6.29 Å². The Hall–Kier alpha value is -2.75. The Kier molecular flexibility index (Phi) is 9.21. The molecule has 37 heavy (non-hydrogen) atoms. The van der Waals surface area contributed by atoms with Gasteiger partial charge in [0.2, 0.25) is 0 Å². The second-order valence-corrected chi connectivity index (χ2v) is 10.3. The molecule has 1 unspecified atom stereocenters. The zero-order valence-corrected chi connectivity index (χ0v) is 22.3. The largest absolute Gasteiger partial charge is 0.494 e. The first kappa shape index (κ1) is 25.9. The first-order valence-electron chi connectivity index (χ1n) is 13.8. The Morgan fingerprint density at radius 1 is 0.784 bits per heavy atom. The number of hydrogen-bond donors (Lipinski definition) is 0. The van der Waals surface area contributed by atoms with Crippen LogP contribution in [0.5, 0.6) is 11.5 Å². The maximum atomic E-state index is 6.23. The fourth-order valence-electron chi connectivity index (χ4n) is 5.33. The maximum absolute atomic E-state index is 6.23. The topological polar surface area (TPSA) is 27.7 Å². The molecule has 1 aliphatic carbocycles. The molecule has 3 aromatic rings. The molecule has 0 N–H and O–H groups in total. The molecule has 0 spiro atoms. The summed E-state index contributed by atoms with van der Waals surface area (Å²) in [6, 6.07) is 26.0. The van der Waals surface area contributed by atoms with Gasteiger partial charge in [-0.2, -0.15) is 0 Å². The number of unbranched alkanes of at least 4 members (excludes halogenated alkanes) is 2. The zero-order chi connectivity index (χ0) is 25.3. The molecule has 0 saturated carbocycles. The fraction of sp³-hybridized carbons (Fsp3) is 0.394. The van der Waals surface area contributed by atoms with Crippen molar-refractivity contribution in [3.63, 3.8) is 0 Å². The van der Waals surface area contributed by atoms with Crippen molar-refractivity contribution in [2.45, 2.75) is 64.1 Å². The Bertz CT molecular complexity index is 1160. The molecule has 1 atom stereocenters. The molecule has 0 amide bonds. The number of hydrogen-bond acceptors (Lipinski definition) is 3. The van der Waals surface area contributed by atoms with E-state index in [9.17, 15) is 0 Å². The fourth-order valence-corrected chi connectivity index (χ4v) is 5.52. The normalized spacial score (nSPS) is 17.7. The van der Waals surface area contributed by atoms with Gasteiger partial charge in [0.05, 0.1) is 13.2 Å². The molecule has 1 heterocycles. The summed E-state index contributed by atoms with van der Waals surface area (Å²) in [4.78, 5) is 0. The highest BCUT2D eigenvalue weighted by atomic mass is 35.5. The van der Waals surface area contributed by atoms with Crippen molar-refractivity contribution >= 4 is 22.7 Å². The average Bonchev–Trinajstić information content (AvgIpc) is 3.14.